The molecule has 0 bridgehead atoms. The van der Waals surface area contributed by atoms with Crippen molar-refractivity contribution in [1.82, 2.24) is 19.1 Å². The van der Waals surface area contributed by atoms with Crippen molar-refractivity contribution in [3.63, 3.8) is 0 Å². The molecule has 0 aliphatic carbocycles. The molecule has 13 aromatic rings. The van der Waals surface area contributed by atoms with Crippen LogP contribution in [0, 0.1) is 0 Å². The second-order valence-electron chi connectivity index (χ2n) is 16.1. The lowest BCUT2D eigenvalue weighted by molar-refractivity contribution is 1.15. The molecule has 4 heterocycles. The predicted octanol–water partition coefficient (Wildman–Crippen LogP) is 15.7. The zero-order chi connectivity index (χ0) is 41.4. The van der Waals surface area contributed by atoms with Gasteiger partial charge in [0, 0.05) is 59.6 Å². The van der Waals surface area contributed by atoms with Gasteiger partial charge in [-0.3, -0.25) is 0 Å². The Kier molecular flexibility index (Phi) is 8.05. The molecule has 0 aliphatic heterocycles. The third-order valence-electron chi connectivity index (χ3n) is 12.5. The molecule has 63 heavy (non-hydrogen) atoms. The number of nitrogens with zero attached hydrogens (tertiary/aromatic N) is 4. The third-order valence-corrected chi connectivity index (χ3v) is 13.7. The summed E-state index contributed by atoms with van der Waals surface area (Å²) < 4.78 is 7.29. The number of rotatable bonds is 6. The number of para-hydroxylation sites is 3. The van der Waals surface area contributed by atoms with Gasteiger partial charge in [-0.2, -0.15) is 0 Å². The molecular formula is C58H36N4S. The molecule has 0 radical (unpaired) electrons. The van der Waals surface area contributed by atoms with Crippen LogP contribution in [-0.4, -0.2) is 19.1 Å². The van der Waals surface area contributed by atoms with Crippen LogP contribution in [0.4, 0.5) is 0 Å². The van der Waals surface area contributed by atoms with Gasteiger partial charge in [-0.1, -0.05) is 176 Å². The van der Waals surface area contributed by atoms with Crippen molar-refractivity contribution in [2.24, 2.45) is 0 Å². The van der Waals surface area contributed by atoms with Crippen LogP contribution in [0.25, 0.3) is 120 Å². The first-order valence-corrected chi connectivity index (χ1v) is 22.2. The first kappa shape index (κ1) is 35.6. The molecule has 0 saturated heterocycles. The van der Waals surface area contributed by atoms with Crippen molar-refractivity contribution in [1.29, 1.82) is 0 Å². The maximum absolute atomic E-state index is 5.50. The maximum Gasteiger partial charge on any atom is 0.160 e. The van der Waals surface area contributed by atoms with Crippen LogP contribution in [0.1, 0.15) is 0 Å². The first-order chi connectivity index (χ1) is 31.3. The van der Waals surface area contributed by atoms with Crippen LogP contribution in [0.2, 0.25) is 0 Å². The van der Waals surface area contributed by atoms with Crippen molar-refractivity contribution in [2.75, 3.05) is 0 Å². The van der Waals surface area contributed by atoms with Gasteiger partial charge >= 0.3 is 0 Å². The maximum atomic E-state index is 5.50. The lowest BCUT2D eigenvalue weighted by atomic mass is 9.91. The van der Waals surface area contributed by atoms with E-state index in [9.17, 15) is 0 Å². The number of thiophene rings is 1. The van der Waals surface area contributed by atoms with Gasteiger partial charge in [0.25, 0.3) is 0 Å². The summed E-state index contributed by atoms with van der Waals surface area (Å²) in [5, 5.41) is 5.99. The average Bonchev–Trinajstić information content (AvgIpc) is 4.02. The Balaban J connectivity index is 1.23. The summed E-state index contributed by atoms with van der Waals surface area (Å²) in [6, 6.07) is 78.7. The summed E-state index contributed by atoms with van der Waals surface area (Å²) in [6.07, 6.45) is 0. The Morgan fingerprint density at radius 2 is 0.841 bits per heavy atom. The Morgan fingerprint density at radius 3 is 1.44 bits per heavy atom. The molecule has 0 fully saturated rings. The summed E-state index contributed by atoms with van der Waals surface area (Å²) in [4.78, 5) is 10.8. The molecule has 4 aromatic heterocycles. The second kappa shape index (κ2) is 14.2. The van der Waals surface area contributed by atoms with E-state index in [1.165, 1.54) is 37.3 Å². The summed E-state index contributed by atoms with van der Waals surface area (Å²) >= 11 is 1.77. The fourth-order valence-corrected chi connectivity index (χ4v) is 10.9. The first-order valence-electron chi connectivity index (χ1n) is 21.3. The highest BCUT2D eigenvalue weighted by Gasteiger charge is 2.26. The van der Waals surface area contributed by atoms with Crippen LogP contribution < -0.4 is 0 Å². The van der Waals surface area contributed by atoms with E-state index >= 15 is 0 Å². The van der Waals surface area contributed by atoms with Crippen LogP contribution >= 0.6 is 11.3 Å². The normalized spacial score (nSPS) is 11.8. The van der Waals surface area contributed by atoms with E-state index in [1.54, 1.807) is 11.3 Å². The minimum Gasteiger partial charge on any atom is -0.307 e. The van der Waals surface area contributed by atoms with Crippen LogP contribution in [-0.2, 0) is 0 Å². The molecule has 0 aliphatic rings. The topological polar surface area (TPSA) is 35.6 Å². The minimum absolute atomic E-state index is 0.715. The summed E-state index contributed by atoms with van der Waals surface area (Å²) in [6.45, 7) is 0. The molecule has 9 aromatic carbocycles. The van der Waals surface area contributed by atoms with Gasteiger partial charge in [0.1, 0.15) is 0 Å². The number of benzene rings is 9. The van der Waals surface area contributed by atoms with Gasteiger partial charge in [-0.15, -0.1) is 11.3 Å². The quantitative estimate of drug-likeness (QED) is 0.167. The number of hydrogen-bond acceptors (Lipinski definition) is 3. The van der Waals surface area contributed by atoms with Crippen molar-refractivity contribution < 1.29 is 0 Å². The lowest BCUT2D eigenvalue weighted by Crippen LogP contribution is -2.04. The van der Waals surface area contributed by atoms with E-state index in [0.717, 1.165) is 77.1 Å². The molecule has 0 N–H and O–H groups in total. The number of aromatic nitrogens is 4. The summed E-state index contributed by atoms with van der Waals surface area (Å²) in [5.74, 6) is 0.715. The molecule has 0 atom stereocenters. The second-order valence-corrected chi connectivity index (χ2v) is 17.1. The van der Waals surface area contributed by atoms with Crippen molar-refractivity contribution >= 4 is 75.3 Å². The van der Waals surface area contributed by atoms with E-state index in [2.05, 4.69) is 221 Å². The highest BCUT2D eigenvalue weighted by molar-refractivity contribution is 7.26. The van der Waals surface area contributed by atoms with E-state index in [0.29, 0.717) is 5.82 Å². The zero-order valence-electron chi connectivity index (χ0n) is 34.0. The molecule has 294 valence electrons. The summed E-state index contributed by atoms with van der Waals surface area (Å²) in [5.41, 5.74) is 15.3. The van der Waals surface area contributed by atoms with Gasteiger partial charge in [0.2, 0.25) is 0 Å². The van der Waals surface area contributed by atoms with Gasteiger partial charge in [-0.25, -0.2) is 9.97 Å². The molecule has 5 heteroatoms. The van der Waals surface area contributed by atoms with E-state index < -0.39 is 0 Å². The van der Waals surface area contributed by atoms with Gasteiger partial charge in [0.15, 0.2) is 5.82 Å². The summed E-state index contributed by atoms with van der Waals surface area (Å²) in [7, 11) is 0. The molecular weight excluding hydrogens is 785 g/mol. The molecule has 0 saturated carbocycles. The average molecular weight is 821 g/mol. The van der Waals surface area contributed by atoms with Gasteiger partial charge in [-0.05, 0) is 53.6 Å². The van der Waals surface area contributed by atoms with E-state index in [1.807, 2.05) is 6.07 Å². The molecule has 0 spiro atoms. The standard InChI is InChI=1S/C58H36N4S/c1-5-19-37(20-6-1)47-35-40(52-57-53(46-29-15-18-32-51(46)63-57)60-58(59-52)39-23-9-3-10-24-39)36-48(38-21-7-2-8-22-38)54(47)62-50-31-17-14-28-43(50)45-34-33-44-42-27-13-16-30-49(42)61(55(44)56(45)62)41-25-11-4-12-26-41/h1-36H. The van der Waals surface area contributed by atoms with Crippen molar-refractivity contribution in [3.8, 4) is 56.3 Å². The van der Waals surface area contributed by atoms with E-state index in [4.69, 9.17) is 9.97 Å². The SMILES string of the molecule is c1ccc(-c2nc(-c3cc(-c4ccccc4)c(-n4c5ccccc5c5ccc6c7ccccc7n(-c7ccccc7)c6c54)c(-c4ccccc4)c3)c3sc4ccccc4c3n2)cc1. The molecule has 4 nitrogen and oxygen atoms in total. The molecule has 13 rings (SSSR count). The van der Waals surface area contributed by atoms with Gasteiger partial charge < -0.3 is 9.13 Å². The van der Waals surface area contributed by atoms with Gasteiger partial charge in [0.05, 0.1) is 43.7 Å². The Bertz CT molecular complexity index is 3820. The zero-order valence-corrected chi connectivity index (χ0v) is 34.8. The smallest absolute Gasteiger partial charge is 0.160 e. The highest BCUT2D eigenvalue weighted by atomic mass is 32.1. The highest BCUT2D eigenvalue weighted by Crippen LogP contribution is 2.48. The Morgan fingerprint density at radius 1 is 0.365 bits per heavy atom. The Labute approximate surface area is 367 Å². The van der Waals surface area contributed by atoms with Crippen LogP contribution in [0.5, 0.6) is 0 Å². The van der Waals surface area contributed by atoms with Crippen LogP contribution in [0.3, 0.4) is 0 Å². The fourth-order valence-electron chi connectivity index (χ4n) is 9.77. The van der Waals surface area contributed by atoms with E-state index in [-0.39, 0.29) is 0 Å². The molecule has 0 amide bonds. The predicted molar refractivity (Wildman–Crippen MR) is 265 cm³/mol. The minimum atomic E-state index is 0.715. The monoisotopic (exact) mass is 820 g/mol. The molecule has 0 unspecified atom stereocenters. The van der Waals surface area contributed by atoms with Crippen molar-refractivity contribution in [2.45, 2.75) is 0 Å². The number of hydrogen-bond donors (Lipinski definition) is 0. The number of fused-ring (bicyclic) bond motifs is 10. The fraction of sp³-hybridized carbons (Fsp3) is 0. The van der Waals surface area contributed by atoms with Crippen molar-refractivity contribution in [3.05, 3.63) is 218 Å². The lowest BCUT2D eigenvalue weighted by Gasteiger charge is -2.22. The largest absolute Gasteiger partial charge is 0.307 e. The Hall–Kier alpha value is -8.12. The van der Waals surface area contributed by atoms with Crippen LogP contribution in [0.15, 0.2) is 218 Å². The third kappa shape index (κ3) is 5.53.